The molecule has 0 saturated heterocycles. The van der Waals surface area contributed by atoms with Gasteiger partial charge in [0.25, 0.3) is 5.91 Å². The van der Waals surface area contributed by atoms with Gasteiger partial charge in [-0.15, -0.1) is 0 Å². The predicted octanol–water partition coefficient (Wildman–Crippen LogP) is 4.21. The van der Waals surface area contributed by atoms with Crippen LogP contribution in [0.3, 0.4) is 0 Å². The Morgan fingerprint density at radius 1 is 1.33 bits per heavy atom. The quantitative estimate of drug-likeness (QED) is 0.883. The van der Waals surface area contributed by atoms with Gasteiger partial charge in [-0.25, -0.2) is 0 Å². The molecule has 0 aliphatic heterocycles. The Morgan fingerprint density at radius 3 is 2.75 bits per heavy atom. The van der Waals surface area contributed by atoms with Crippen molar-refractivity contribution in [2.24, 2.45) is 0 Å². The second-order valence-corrected chi connectivity index (χ2v) is 8.00. The molecule has 3 rings (SSSR count). The van der Waals surface area contributed by atoms with Crippen LogP contribution in [-0.2, 0) is 10.8 Å². The lowest BCUT2D eigenvalue weighted by atomic mass is 10.0. The van der Waals surface area contributed by atoms with E-state index in [-0.39, 0.29) is 11.2 Å². The highest BCUT2D eigenvalue weighted by molar-refractivity contribution is 7.85. The van der Waals surface area contributed by atoms with E-state index in [0.29, 0.717) is 12.2 Å². The summed E-state index contributed by atoms with van der Waals surface area (Å²) < 4.78 is 12.8. The van der Waals surface area contributed by atoms with Gasteiger partial charge in [0.2, 0.25) is 0 Å². The van der Waals surface area contributed by atoms with Crippen molar-refractivity contribution in [1.82, 2.24) is 9.88 Å². The minimum Gasteiger partial charge on any atom is -0.351 e. The maximum absolute atomic E-state index is 12.8. The number of hydrogen-bond donors (Lipinski definition) is 1. The summed E-state index contributed by atoms with van der Waals surface area (Å²) >= 11 is 0. The van der Waals surface area contributed by atoms with Crippen LogP contribution in [0.1, 0.15) is 49.5 Å². The number of hydrogen-bond acceptors (Lipinski definition) is 2. The molecule has 1 aromatic heterocycles. The summed E-state index contributed by atoms with van der Waals surface area (Å²) in [6.45, 7) is 6.16. The molecule has 1 amide bonds. The summed E-state index contributed by atoms with van der Waals surface area (Å²) in [5.74, 6) is -0.0985. The minimum absolute atomic E-state index is 0.0985. The Kier molecular flexibility index (Phi) is 5.19. The molecule has 1 fully saturated rings. The first-order chi connectivity index (χ1) is 11.6. The smallest absolute Gasteiger partial charge is 0.274 e. The molecule has 5 heteroatoms. The van der Waals surface area contributed by atoms with Gasteiger partial charge in [0.1, 0.15) is 5.69 Å². The molecule has 1 unspecified atom stereocenters. The Bertz CT molecular complexity index is 775. The average molecular weight is 344 g/mol. The Labute approximate surface area is 145 Å². The summed E-state index contributed by atoms with van der Waals surface area (Å²) in [4.78, 5) is 18.0. The number of amides is 1. The summed E-state index contributed by atoms with van der Waals surface area (Å²) in [5, 5.41) is 1.20. The molecule has 2 aromatic rings. The Hall–Kier alpha value is -1.88. The van der Waals surface area contributed by atoms with Gasteiger partial charge in [-0.2, -0.15) is 0 Å². The molecular formula is C19H24N2O2S. The first-order valence-corrected chi connectivity index (χ1v) is 9.82. The SMILES string of the molecule is C=CN(CC)C(=O)c1cc2cc(S(=O)C3CCCCC3)ccc2[nH]1. The molecule has 1 aliphatic carbocycles. The van der Waals surface area contributed by atoms with Crippen molar-refractivity contribution in [3.8, 4) is 0 Å². The third-order valence-corrected chi connectivity index (χ3v) is 6.53. The van der Waals surface area contributed by atoms with E-state index >= 15 is 0 Å². The van der Waals surface area contributed by atoms with Crippen LogP contribution in [0.15, 0.2) is 41.9 Å². The lowest BCUT2D eigenvalue weighted by Crippen LogP contribution is -2.25. The fraction of sp³-hybridized carbons (Fsp3) is 0.421. The highest BCUT2D eigenvalue weighted by atomic mass is 32.2. The van der Waals surface area contributed by atoms with E-state index in [1.807, 2.05) is 31.2 Å². The van der Waals surface area contributed by atoms with Crippen LogP contribution >= 0.6 is 0 Å². The van der Waals surface area contributed by atoms with Crippen molar-refractivity contribution in [3.05, 3.63) is 42.7 Å². The largest absolute Gasteiger partial charge is 0.351 e. The van der Waals surface area contributed by atoms with Crippen LogP contribution in [0.2, 0.25) is 0 Å². The highest BCUT2D eigenvalue weighted by Crippen LogP contribution is 2.28. The summed E-state index contributed by atoms with van der Waals surface area (Å²) in [5.41, 5.74) is 1.43. The molecule has 1 atom stereocenters. The average Bonchev–Trinajstić information content (AvgIpc) is 3.06. The van der Waals surface area contributed by atoms with Gasteiger partial charge in [-0.05, 0) is 50.2 Å². The van der Waals surface area contributed by atoms with Crippen molar-refractivity contribution in [2.45, 2.75) is 49.2 Å². The van der Waals surface area contributed by atoms with Gasteiger partial charge < -0.3 is 9.88 Å². The predicted molar refractivity (Wildman–Crippen MR) is 98.5 cm³/mol. The van der Waals surface area contributed by atoms with Gasteiger partial charge in [-0.1, -0.05) is 25.8 Å². The zero-order valence-electron chi connectivity index (χ0n) is 14.1. The molecule has 4 nitrogen and oxygen atoms in total. The second kappa shape index (κ2) is 7.34. The van der Waals surface area contributed by atoms with E-state index in [0.717, 1.165) is 28.6 Å². The number of nitrogens with zero attached hydrogens (tertiary/aromatic N) is 1. The van der Waals surface area contributed by atoms with Crippen molar-refractivity contribution in [2.75, 3.05) is 6.54 Å². The molecule has 1 aliphatic rings. The first-order valence-electron chi connectivity index (χ1n) is 8.61. The van der Waals surface area contributed by atoms with Crippen LogP contribution < -0.4 is 0 Å². The van der Waals surface area contributed by atoms with E-state index in [1.165, 1.54) is 25.5 Å². The number of nitrogens with one attached hydrogen (secondary N) is 1. The van der Waals surface area contributed by atoms with Crippen molar-refractivity contribution in [1.29, 1.82) is 0 Å². The zero-order chi connectivity index (χ0) is 17.1. The van der Waals surface area contributed by atoms with Gasteiger partial charge in [0.05, 0.1) is 10.8 Å². The summed E-state index contributed by atoms with van der Waals surface area (Å²) in [6.07, 6.45) is 7.25. The van der Waals surface area contributed by atoms with Crippen LogP contribution in [0.4, 0.5) is 0 Å². The molecule has 1 aromatic carbocycles. The van der Waals surface area contributed by atoms with E-state index in [2.05, 4.69) is 11.6 Å². The topological polar surface area (TPSA) is 53.2 Å². The lowest BCUT2D eigenvalue weighted by Gasteiger charge is -2.20. The number of fused-ring (bicyclic) bond motifs is 1. The van der Waals surface area contributed by atoms with Gasteiger partial charge in [0, 0.05) is 27.6 Å². The van der Waals surface area contributed by atoms with Crippen molar-refractivity contribution in [3.63, 3.8) is 0 Å². The molecule has 1 N–H and O–H groups in total. The fourth-order valence-electron chi connectivity index (χ4n) is 3.33. The van der Waals surface area contributed by atoms with Gasteiger partial charge in [0.15, 0.2) is 0 Å². The first kappa shape index (κ1) is 17.0. The van der Waals surface area contributed by atoms with E-state index in [4.69, 9.17) is 0 Å². The maximum atomic E-state index is 12.8. The highest BCUT2D eigenvalue weighted by Gasteiger charge is 2.22. The van der Waals surface area contributed by atoms with E-state index in [1.54, 1.807) is 4.90 Å². The summed E-state index contributed by atoms with van der Waals surface area (Å²) in [6, 6.07) is 7.64. The molecule has 128 valence electrons. The minimum atomic E-state index is -0.965. The number of aromatic nitrogens is 1. The molecule has 1 saturated carbocycles. The molecule has 1 heterocycles. The van der Waals surface area contributed by atoms with Gasteiger partial charge >= 0.3 is 0 Å². The number of aromatic amines is 1. The molecular weight excluding hydrogens is 320 g/mol. The van der Waals surface area contributed by atoms with Crippen LogP contribution in [-0.4, -0.2) is 31.8 Å². The number of carbonyl (C=O) groups excluding carboxylic acids is 1. The number of H-pyrrole nitrogens is 1. The van der Waals surface area contributed by atoms with E-state index in [9.17, 15) is 9.00 Å². The van der Waals surface area contributed by atoms with Crippen molar-refractivity contribution >= 4 is 27.6 Å². The van der Waals surface area contributed by atoms with E-state index < -0.39 is 10.8 Å². The summed E-state index contributed by atoms with van der Waals surface area (Å²) in [7, 11) is -0.965. The monoisotopic (exact) mass is 344 g/mol. The van der Waals surface area contributed by atoms with Crippen LogP contribution in [0.25, 0.3) is 10.9 Å². The van der Waals surface area contributed by atoms with Gasteiger partial charge in [-0.3, -0.25) is 9.00 Å². The van der Waals surface area contributed by atoms with Crippen molar-refractivity contribution < 1.29 is 9.00 Å². The molecule has 0 radical (unpaired) electrons. The van der Waals surface area contributed by atoms with Crippen LogP contribution in [0, 0.1) is 0 Å². The maximum Gasteiger partial charge on any atom is 0.274 e. The Balaban J connectivity index is 1.87. The molecule has 0 spiro atoms. The number of carbonyl (C=O) groups is 1. The number of rotatable bonds is 5. The molecule has 24 heavy (non-hydrogen) atoms. The fourth-order valence-corrected chi connectivity index (χ4v) is 4.92. The Morgan fingerprint density at radius 2 is 2.08 bits per heavy atom. The molecule has 0 bridgehead atoms. The number of benzene rings is 1. The zero-order valence-corrected chi connectivity index (χ0v) is 14.9. The third-order valence-electron chi connectivity index (χ3n) is 4.73. The normalized spacial score (nSPS) is 16.9. The third kappa shape index (κ3) is 3.31. The lowest BCUT2D eigenvalue weighted by molar-refractivity contribution is 0.0824. The van der Waals surface area contributed by atoms with Crippen LogP contribution in [0.5, 0.6) is 0 Å². The second-order valence-electron chi connectivity index (χ2n) is 6.26. The standard InChI is InChI=1S/C19H24N2O2S/c1-3-21(4-2)19(22)18-13-14-12-16(10-11-17(14)20-18)24(23)15-8-6-5-7-9-15/h3,10-13,15,20H,1,4-9H2,2H3.